The number of ether oxygens (including phenoxy) is 1. The monoisotopic (exact) mass is 345 g/mol. The van der Waals surface area contributed by atoms with Gasteiger partial charge in [0.05, 0.1) is 6.04 Å². The molecular formula is C17H23N5O3. The molecule has 1 aliphatic heterocycles. The molecule has 1 aliphatic rings. The van der Waals surface area contributed by atoms with Gasteiger partial charge >= 0.3 is 0 Å². The van der Waals surface area contributed by atoms with E-state index in [1.54, 1.807) is 18.3 Å². The Morgan fingerprint density at radius 2 is 2.32 bits per heavy atom. The number of nitrogens with one attached hydrogen (secondary N) is 1. The van der Waals surface area contributed by atoms with Gasteiger partial charge in [0.2, 0.25) is 11.7 Å². The zero-order valence-corrected chi connectivity index (χ0v) is 14.7. The van der Waals surface area contributed by atoms with Crippen LogP contribution in [0.3, 0.4) is 0 Å². The standard InChI is InChI=1S/C17H23N5O3/c1-11(2)22-8-4-5-13(22)17-20-16(21-25-17)12-6-7-14(18-9-12)19-15(23)10-24-3/h6-7,9,11,13H,4-5,8,10H2,1-3H3,(H,18,19,23). The number of nitrogens with zero attached hydrogens (tertiary/aromatic N) is 4. The number of aromatic nitrogens is 3. The van der Waals surface area contributed by atoms with Gasteiger partial charge in [0, 0.05) is 24.9 Å². The Morgan fingerprint density at radius 1 is 1.48 bits per heavy atom. The highest BCUT2D eigenvalue weighted by Gasteiger charge is 2.32. The second-order valence-corrected chi connectivity index (χ2v) is 6.36. The molecule has 8 heteroatoms. The Morgan fingerprint density at radius 3 is 3.00 bits per heavy atom. The fourth-order valence-electron chi connectivity index (χ4n) is 3.07. The van der Waals surface area contributed by atoms with Crippen molar-refractivity contribution in [2.24, 2.45) is 0 Å². The van der Waals surface area contributed by atoms with Crippen LogP contribution in [0.1, 0.15) is 38.6 Å². The second kappa shape index (κ2) is 7.71. The van der Waals surface area contributed by atoms with Crippen LogP contribution in [-0.4, -0.2) is 52.2 Å². The smallest absolute Gasteiger partial charge is 0.251 e. The normalized spacial score (nSPS) is 18.0. The first kappa shape index (κ1) is 17.5. The zero-order chi connectivity index (χ0) is 17.8. The number of anilines is 1. The Kier molecular flexibility index (Phi) is 5.40. The van der Waals surface area contributed by atoms with Crippen LogP contribution in [0.4, 0.5) is 5.82 Å². The van der Waals surface area contributed by atoms with Crippen molar-refractivity contribution in [2.45, 2.75) is 38.8 Å². The summed E-state index contributed by atoms with van der Waals surface area (Å²) in [6, 6.07) is 4.13. The van der Waals surface area contributed by atoms with E-state index in [2.05, 4.69) is 39.2 Å². The summed E-state index contributed by atoms with van der Waals surface area (Å²) in [4.78, 5) is 22.6. The molecule has 0 aromatic carbocycles. The Labute approximate surface area is 146 Å². The molecule has 0 radical (unpaired) electrons. The largest absolute Gasteiger partial charge is 0.375 e. The Hall–Kier alpha value is -2.32. The van der Waals surface area contributed by atoms with Crippen molar-refractivity contribution in [1.29, 1.82) is 0 Å². The van der Waals surface area contributed by atoms with E-state index in [1.165, 1.54) is 7.11 Å². The summed E-state index contributed by atoms with van der Waals surface area (Å²) < 4.78 is 10.3. The molecule has 1 amide bonds. The fraction of sp³-hybridized carbons (Fsp3) is 0.529. The molecule has 2 aromatic rings. The van der Waals surface area contributed by atoms with Gasteiger partial charge in [-0.1, -0.05) is 5.16 Å². The van der Waals surface area contributed by atoms with Gasteiger partial charge in [-0.25, -0.2) is 4.98 Å². The van der Waals surface area contributed by atoms with E-state index in [0.717, 1.165) is 24.9 Å². The van der Waals surface area contributed by atoms with Crippen LogP contribution in [0.15, 0.2) is 22.9 Å². The van der Waals surface area contributed by atoms with Crippen molar-refractivity contribution in [1.82, 2.24) is 20.0 Å². The summed E-state index contributed by atoms with van der Waals surface area (Å²) >= 11 is 0. The van der Waals surface area contributed by atoms with Crippen molar-refractivity contribution >= 4 is 11.7 Å². The summed E-state index contributed by atoms with van der Waals surface area (Å²) in [6.07, 6.45) is 3.78. The lowest BCUT2D eigenvalue weighted by molar-refractivity contribution is -0.119. The van der Waals surface area contributed by atoms with E-state index >= 15 is 0 Å². The number of hydrogen-bond acceptors (Lipinski definition) is 7. The first-order valence-corrected chi connectivity index (χ1v) is 8.43. The summed E-state index contributed by atoms with van der Waals surface area (Å²) in [7, 11) is 1.47. The fourth-order valence-corrected chi connectivity index (χ4v) is 3.07. The number of carbonyl (C=O) groups is 1. The molecule has 3 heterocycles. The van der Waals surface area contributed by atoms with Gasteiger partial charge in [-0.2, -0.15) is 4.98 Å². The minimum absolute atomic E-state index is 0.00856. The van der Waals surface area contributed by atoms with Crippen LogP contribution in [0.5, 0.6) is 0 Å². The predicted molar refractivity (Wildman–Crippen MR) is 91.9 cm³/mol. The van der Waals surface area contributed by atoms with Crippen LogP contribution < -0.4 is 5.32 Å². The third kappa shape index (κ3) is 4.02. The zero-order valence-electron chi connectivity index (χ0n) is 14.7. The number of carbonyl (C=O) groups excluding carboxylic acids is 1. The van der Waals surface area contributed by atoms with Crippen molar-refractivity contribution in [3.63, 3.8) is 0 Å². The highest BCUT2D eigenvalue weighted by Crippen LogP contribution is 2.33. The number of hydrogen-bond donors (Lipinski definition) is 1. The molecule has 134 valence electrons. The summed E-state index contributed by atoms with van der Waals surface area (Å²) in [6.45, 7) is 5.40. The van der Waals surface area contributed by atoms with Gasteiger partial charge in [-0.05, 0) is 45.4 Å². The van der Waals surface area contributed by atoms with Crippen molar-refractivity contribution in [2.75, 3.05) is 25.6 Å². The lowest BCUT2D eigenvalue weighted by Crippen LogP contribution is -2.30. The third-order valence-electron chi connectivity index (χ3n) is 4.25. The van der Waals surface area contributed by atoms with Gasteiger partial charge in [0.25, 0.3) is 5.91 Å². The predicted octanol–water partition coefficient (Wildman–Crippen LogP) is 2.26. The lowest BCUT2D eigenvalue weighted by atomic mass is 10.2. The Balaban J connectivity index is 1.71. The molecule has 0 bridgehead atoms. The molecule has 0 saturated carbocycles. The molecule has 8 nitrogen and oxygen atoms in total. The molecule has 1 atom stereocenters. The minimum Gasteiger partial charge on any atom is -0.375 e. The molecule has 1 unspecified atom stereocenters. The van der Waals surface area contributed by atoms with E-state index in [-0.39, 0.29) is 18.6 Å². The van der Waals surface area contributed by atoms with Gasteiger partial charge in [-0.15, -0.1) is 0 Å². The second-order valence-electron chi connectivity index (χ2n) is 6.36. The maximum absolute atomic E-state index is 11.5. The van der Waals surface area contributed by atoms with Crippen LogP contribution in [-0.2, 0) is 9.53 Å². The quantitative estimate of drug-likeness (QED) is 0.858. The highest BCUT2D eigenvalue weighted by molar-refractivity contribution is 5.90. The van der Waals surface area contributed by atoms with E-state index in [0.29, 0.717) is 23.6 Å². The topological polar surface area (TPSA) is 93.4 Å². The van der Waals surface area contributed by atoms with E-state index in [9.17, 15) is 4.79 Å². The summed E-state index contributed by atoms with van der Waals surface area (Å²) in [5.41, 5.74) is 0.744. The average Bonchev–Trinajstić information content (AvgIpc) is 3.25. The summed E-state index contributed by atoms with van der Waals surface area (Å²) in [5.74, 6) is 1.36. The van der Waals surface area contributed by atoms with Crippen LogP contribution in [0.2, 0.25) is 0 Å². The number of methoxy groups -OCH3 is 1. The van der Waals surface area contributed by atoms with Crippen molar-refractivity contribution in [3.05, 3.63) is 24.2 Å². The van der Waals surface area contributed by atoms with Crippen molar-refractivity contribution in [3.8, 4) is 11.4 Å². The molecule has 1 fully saturated rings. The molecular weight excluding hydrogens is 322 g/mol. The molecule has 2 aromatic heterocycles. The van der Waals surface area contributed by atoms with Crippen LogP contribution in [0, 0.1) is 0 Å². The van der Waals surface area contributed by atoms with Gasteiger partial charge in [0.1, 0.15) is 12.4 Å². The third-order valence-corrected chi connectivity index (χ3v) is 4.25. The molecule has 3 rings (SSSR count). The number of rotatable bonds is 6. The maximum atomic E-state index is 11.5. The SMILES string of the molecule is COCC(=O)Nc1ccc(-c2noc(C3CCCN3C(C)C)n2)cn1. The number of pyridine rings is 1. The molecule has 1 saturated heterocycles. The Bertz CT molecular complexity index is 713. The lowest BCUT2D eigenvalue weighted by Gasteiger charge is -2.25. The highest BCUT2D eigenvalue weighted by atomic mass is 16.5. The molecule has 25 heavy (non-hydrogen) atoms. The maximum Gasteiger partial charge on any atom is 0.251 e. The number of amides is 1. The van der Waals surface area contributed by atoms with E-state index < -0.39 is 0 Å². The van der Waals surface area contributed by atoms with E-state index in [4.69, 9.17) is 9.26 Å². The molecule has 0 spiro atoms. The molecule has 0 aliphatic carbocycles. The first-order chi connectivity index (χ1) is 12.1. The van der Waals surface area contributed by atoms with Crippen LogP contribution in [0.25, 0.3) is 11.4 Å². The average molecular weight is 345 g/mol. The molecule has 1 N–H and O–H groups in total. The van der Waals surface area contributed by atoms with Gasteiger partial charge in [-0.3, -0.25) is 9.69 Å². The summed E-state index contributed by atoms with van der Waals surface area (Å²) in [5, 5.41) is 6.73. The van der Waals surface area contributed by atoms with Gasteiger partial charge in [0.15, 0.2) is 0 Å². The van der Waals surface area contributed by atoms with Crippen molar-refractivity contribution < 1.29 is 14.1 Å². The first-order valence-electron chi connectivity index (χ1n) is 8.43. The van der Waals surface area contributed by atoms with Gasteiger partial charge < -0.3 is 14.6 Å². The minimum atomic E-state index is -0.250. The van der Waals surface area contributed by atoms with Crippen LogP contribution >= 0.6 is 0 Å². The van der Waals surface area contributed by atoms with E-state index in [1.807, 2.05) is 0 Å². The number of likely N-dealkylation sites (tertiary alicyclic amines) is 1.